The number of nitrogens with one attached hydrogen (secondary N) is 1. The van der Waals surface area contributed by atoms with E-state index in [-0.39, 0.29) is 16.5 Å². The predicted molar refractivity (Wildman–Crippen MR) is 76.1 cm³/mol. The minimum Gasteiger partial charge on any atom is -0.395 e. The molecule has 1 aliphatic rings. The van der Waals surface area contributed by atoms with Gasteiger partial charge in [0.15, 0.2) is 11.5 Å². The summed E-state index contributed by atoms with van der Waals surface area (Å²) in [4.78, 5) is 4.17. The van der Waals surface area contributed by atoms with E-state index >= 15 is 0 Å². The van der Waals surface area contributed by atoms with Crippen LogP contribution in [0.25, 0.3) is 0 Å². The predicted octanol–water partition coefficient (Wildman–Crippen LogP) is 2.78. The van der Waals surface area contributed by atoms with Gasteiger partial charge in [0.05, 0.1) is 11.9 Å². The molecule has 8 heteroatoms. The first-order chi connectivity index (χ1) is 9.94. The number of fused-ring (bicyclic) bond motifs is 1. The molecular formula is C13H9F2N3O2S. The van der Waals surface area contributed by atoms with Crippen LogP contribution in [0.5, 0.6) is 11.5 Å². The van der Waals surface area contributed by atoms with Gasteiger partial charge in [0.2, 0.25) is 0 Å². The number of thiocarbonyl (C=S) groups is 1. The van der Waals surface area contributed by atoms with Crippen molar-refractivity contribution in [3.8, 4) is 11.5 Å². The van der Waals surface area contributed by atoms with Gasteiger partial charge in [0.1, 0.15) is 4.99 Å². The Balaban J connectivity index is 1.89. The fourth-order valence-corrected chi connectivity index (χ4v) is 2.07. The van der Waals surface area contributed by atoms with E-state index < -0.39 is 6.29 Å². The van der Waals surface area contributed by atoms with E-state index in [1.807, 2.05) is 0 Å². The summed E-state index contributed by atoms with van der Waals surface area (Å²) in [7, 11) is 0. The fourth-order valence-electron chi connectivity index (χ4n) is 1.89. The van der Waals surface area contributed by atoms with E-state index in [1.165, 1.54) is 18.3 Å². The third-order valence-electron chi connectivity index (χ3n) is 2.77. The lowest BCUT2D eigenvalue weighted by Crippen LogP contribution is -2.25. The molecule has 1 aliphatic heterocycles. The fraction of sp³-hybridized carbons (Fsp3) is 0.0769. The van der Waals surface area contributed by atoms with Crippen LogP contribution in [0.3, 0.4) is 0 Å². The molecule has 1 aromatic heterocycles. The summed E-state index contributed by atoms with van der Waals surface area (Å²) >= 11 is 4.94. The second-order valence-electron chi connectivity index (χ2n) is 4.24. The van der Waals surface area contributed by atoms with E-state index in [0.29, 0.717) is 16.9 Å². The zero-order valence-electron chi connectivity index (χ0n) is 10.5. The topological polar surface area (TPSA) is 69.4 Å². The maximum absolute atomic E-state index is 13.0. The number of nitrogens with two attached hydrogens (primary N) is 1. The highest BCUT2D eigenvalue weighted by molar-refractivity contribution is 7.80. The SMILES string of the molecule is NC(=S)c1ccncc1Nc1ccc2c(c1)OC(F)(F)O2. The number of ether oxygens (including phenoxy) is 2. The Morgan fingerprint density at radius 3 is 2.76 bits per heavy atom. The number of hydrogen-bond donors (Lipinski definition) is 2. The molecule has 1 aromatic carbocycles. The summed E-state index contributed by atoms with van der Waals surface area (Å²) < 4.78 is 34.6. The van der Waals surface area contributed by atoms with Crippen molar-refractivity contribution in [1.29, 1.82) is 0 Å². The highest BCUT2D eigenvalue weighted by Gasteiger charge is 2.43. The van der Waals surface area contributed by atoms with Crippen LogP contribution >= 0.6 is 12.2 Å². The molecule has 21 heavy (non-hydrogen) atoms. The average Bonchev–Trinajstić information content (AvgIpc) is 2.72. The molecule has 0 bridgehead atoms. The van der Waals surface area contributed by atoms with Crippen LogP contribution in [0.4, 0.5) is 20.2 Å². The number of pyridine rings is 1. The normalized spacial score (nSPS) is 14.8. The molecule has 108 valence electrons. The number of nitrogens with zero attached hydrogens (tertiary/aromatic N) is 1. The second-order valence-corrected chi connectivity index (χ2v) is 4.68. The summed E-state index contributed by atoms with van der Waals surface area (Å²) in [6.45, 7) is 0. The highest BCUT2D eigenvalue weighted by Crippen LogP contribution is 2.42. The molecule has 0 aliphatic carbocycles. The smallest absolute Gasteiger partial charge is 0.395 e. The van der Waals surface area contributed by atoms with Gasteiger partial charge in [-0.25, -0.2) is 0 Å². The van der Waals surface area contributed by atoms with Crippen LogP contribution in [0.2, 0.25) is 0 Å². The number of aromatic nitrogens is 1. The number of benzene rings is 1. The molecule has 3 rings (SSSR count). The first kappa shape index (κ1) is 13.5. The molecule has 0 saturated carbocycles. The van der Waals surface area contributed by atoms with Crippen molar-refractivity contribution >= 4 is 28.6 Å². The summed E-state index contributed by atoms with van der Waals surface area (Å²) in [5.74, 6) is -0.0722. The lowest BCUT2D eigenvalue weighted by Gasteiger charge is -2.10. The third kappa shape index (κ3) is 2.70. The zero-order valence-corrected chi connectivity index (χ0v) is 11.3. The Labute approximate surface area is 123 Å². The lowest BCUT2D eigenvalue weighted by molar-refractivity contribution is -0.286. The number of alkyl halides is 2. The Morgan fingerprint density at radius 1 is 1.24 bits per heavy atom. The van der Waals surface area contributed by atoms with Crippen molar-refractivity contribution in [3.05, 3.63) is 42.2 Å². The molecular weight excluding hydrogens is 300 g/mol. The van der Waals surface area contributed by atoms with E-state index in [1.54, 1.807) is 18.3 Å². The molecule has 0 atom stereocenters. The number of anilines is 2. The number of rotatable bonds is 3. The van der Waals surface area contributed by atoms with Crippen molar-refractivity contribution < 1.29 is 18.3 Å². The van der Waals surface area contributed by atoms with Gasteiger partial charge in [-0.15, -0.1) is 8.78 Å². The van der Waals surface area contributed by atoms with E-state index in [0.717, 1.165) is 0 Å². The monoisotopic (exact) mass is 309 g/mol. The Morgan fingerprint density at radius 2 is 2.00 bits per heavy atom. The summed E-state index contributed by atoms with van der Waals surface area (Å²) in [5.41, 5.74) is 7.29. The maximum atomic E-state index is 13.0. The quantitative estimate of drug-likeness (QED) is 0.850. The molecule has 0 radical (unpaired) electrons. The lowest BCUT2D eigenvalue weighted by atomic mass is 10.2. The average molecular weight is 309 g/mol. The van der Waals surface area contributed by atoms with Crippen LogP contribution in [0, 0.1) is 0 Å². The van der Waals surface area contributed by atoms with Gasteiger partial charge < -0.3 is 20.5 Å². The van der Waals surface area contributed by atoms with E-state index in [4.69, 9.17) is 18.0 Å². The maximum Gasteiger partial charge on any atom is 0.586 e. The minimum absolute atomic E-state index is 0.0219. The molecule has 2 aromatic rings. The van der Waals surface area contributed by atoms with E-state index in [2.05, 4.69) is 19.8 Å². The Bertz CT molecular complexity index is 724. The molecule has 0 spiro atoms. The van der Waals surface area contributed by atoms with Crippen molar-refractivity contribution in [1.82, 2.24) is 4.98 Å². The molecule has 0 amide bonds. The van der Waals surface area contributed by atoms with Crippen LogP contribution < -0.4 is 20.5 Å². The molecule has 0 saturated heterocycles. The molecule has 2 heterocycles. The van der Waals surface area contributed by atoms with Gasteiger partial charge in [0.25, 0.3) is 0 Å². The second kappa shape index (κ2) is 4.81. The van der Waals surface area contributed by atoms with Gasteiger partial charge in [-0.05, 0) is 18.2 Å². The van der Waals surface area contributed by atoms with Crippen LogP contribution in [-0.2, 0) is 0 Å². The highest BCUT2D eigenvalue weighted by atomic mass is 32.1. The molecule has 0 unspecified atom stereocenters. The molecule has 0 fully saturated rings. The summed E-state index contributed by atoms with van der Waals surface area (Å²) in [5, 5.41) is 3.00. The van der Waals surface area contributed by atoms with Crippen molar-refractivity contribution in [2.24, 2.45) is 5.73 Å². The molecule has 5 nitrogen and oxygen atoms in total. The number of halogens is 2. The Kier molecular flexibility index (Phi) is 3.09. The van der Waals surface area contributed by atoms with Gasteiger partial charge in [-0.2, -0.15) is 0 Å². The van der Waals surface area contributed by atoms with Crippen LogP contribution in [0.15, 0.2) is 36.7 Å². The van der Waals surface area contributed by atoms with Crippen LogP contribution in [-0.4, -0.2) is 16.3 Å². The number of hydrogen-bond acceptors (Lipinski definition) is 5. The van der Waals surface area contributed by atoms with Gasteiger partial charge in [-0.1, -0.05) is 12.2 Å². The largest absolute Gasteiger partial charge is 0.586 e. The standard InChI is InChI=1S/C13H9F2N3O2S/c14-13(15)19-10-2-1-7(5-11(10)20-13)18-9-6-17-4-3-8(9)12(16)21/h1-6,18H,(H2,16,21). The van der Waals surface area contributed by atoms with Crippen molar-refractivity contribution in [3.63, 3.8) is 0 Å². The first-order valence-corrected chi connectivity index (χ1v) is 6.26. The van der Waals surface area contributed by atoms with Crippen molar-refractivity contribution in [2.45, 2.75) is 6.29 Å². The first-order valence-electron chi connectivity index (χ1n) is 5.85. The summed E-state index contributed by atoms with van der Waals surface area (Å²) in [6, 6.07) is 6.01. The van der Waals surface area contributed by atoms with Gasteiger partial charge in [-0.3, -0.25) is 4.98 Å². The van der Waals surface area contributed by atoms with Gasteiger partial charge >= 0.3 is 6.29 Å². The van der Waals surface area contributed by atoms with Crippen molar-refractivity contribution in [2.75, 3.05) is 5.32 Å². The zero-order chi connectivity index (χ0) is 15.0. The molecule has 3 N–H and O–H groups in total. The minimum atomic E-state index is -3.64. The van der Waals surface area contributed by atoms with Gasteiger partial charge in [0, 0.05) is 23.5 Å². The Hall–Kier alpha value is -2.48. The van der Waals surface area contributed by atoms with Crippen LogP contribution in [0.1, 0.15) is 5.56 Å². The third-order valence-corrected chi connectivity index (χ3v) is 2.99. The summed E-state index contributed by atoms with van der Waals surface area (Å²) in [6.07, 6.45) is -0.549. The van der Waals surface area contributed by atoms with E-state index in [9.17, 15) is 8.78 Å².